The molecule has 0 unspecified atom stereocenters. The van der Waals surface area contributed by atoms with Crippen LogP contribution in [0.25, 0.3) is 0 Å². The van der Waals surface area contributed by atoms with Crippen LogP contribution in [0, 0.1) is 5.92 Å². The van der Waals surface area contributed by atoms with Crippen LogP contribution in [0.3, 0.4) is 0 Å². The summed E-state index contributed by atoms with van der Waals surface area (Å²) in [6.45, 7) is 5.54. The standard InChI is InChI=1S/C23H29NO5/c1-3-8-19-11-7-12-20(29-19)14-21(25)16(2)22(26)24-18(15-28-23(24)27)13-17-9-5-4-6-10-17/h3-7,9-11,16,18-21,25H,1,8,12-15H2,2H3/t16-,18-,19-,20+,21+/m1/s1. The van der Waals surface area contributed by atoms with E-state index in [2.05, 4.69) is 6.58 Å². The van der Waals surface area contributed by atoms with Gasteiger partial charge in [-0.05, 0) is 24.8 Å². The minimum absolute atomic E-state index is 0.0479. The molecule has 1 fully saturated rings. The number of hydrogen-bond acceptors (Lipinski definition) is 5. The predicted molar refractivity (Wildman–Crippen MR) is 109 cm³/mol. The Bertz CT molecular complexity index is 747. The molecule has 0 radical (unpaired) electrons. The van der Waals surface area contributed by atoms with E-state index in [1.54, 1.807) is 13.0 Å². The van der Waals surface area contributed by atoms with E-state index in [1.807, 2.05) is 42.5 Å². The highest BCUT2D eigenvalue weighted by Gasteiger charge is 2.41. The molecular weight excluding hydrogens is 370 g/mol. The second-order valence-electron chi connectivity index (χ2n) is 7.71. The van der Waals surface area contributed by atoms with E-state index in [0.717, 1.165) is 5.56 Å². The third-order valence-corrected chi connectivity index (χ3v) is 5.50. The molecule has 2 aliphatic heterocycles. The minimum Gasteiger partial charge on any atom is -0.447 e. The molecule has 1 aromatic carbocycles. The first-order valence-corrected chi connectivity index (χ1v) is 10.1. The highest BCUT2D eigenvalue weighted by atomic mass is 16.6. The fraction of sp³-hybridized carbons (Fsp3) is 0.478. The fourth-order valence-electron chi connectivity index (χ4n) is 3.80. The molecule has 1 N–H and O–H groups in total. The molecule has 0 bridgehead atoms. The quantitative estimate of drug-likeness (QED) is 0.679. The highest BCUT2D eigenvalue weighted by molar-refractivity contribution is 5.95. The maximum absolute atomic E-state index is 13.0. The van der Waals surface area contributed by atoms with Crippen molar-refractivity contribution in [3.05, 3.63) is 60.7 Å². The summed E-state index contributed by atoms with van der Waals surface area (Å²) in [5, 5.41) is 10.7. The van der Waals surface area contributed by atoms with Crippen molar-refractivity contribution >= 4 is 12.0 Å². The maximum atomic E-state index is 13.0. The lowest BCUT2D eigenvalue weighted by Crippen LogP contribution is -2.46. The van der Waals surface area contributed by atoms with Gasteiger partial charge < -0.3 is 14.6 Å². The number of cyclic esters (lactones) is 1. The zero-order valence-corrected chi connectivity index (χ0v) is 16.8. The number of benzene rings is 1. The molecule has 0 spiro atoms. The Kier molecular flexibility index (Phi) is 7.23. The number of imide groups is 1. The van der Waals surface area contributed by atoms with Crippen molar-refractivity contribution in [2.24, 2.45) is 5.92 Å². The van der Waals surface area contributed by atoms with Gasteiger partial charge >= 0.3 is 6.09 Å². The fourth-order valence-corrected chi connectivity index (χ4v) is 3.80. The maximum Gasteiger partial charge on any atom is 0.416 e. The van der Waals surface area contributed by atoms with E-state index in [4.69, 9.17) is 9.47 Å². The van der Waals surface area contributed by atoms with Crippen LogP contribution in [0.5, 0.6) is 0 Å². The van der Waals surface area contributed by atoms with E-state index in [-0.39, 0.29) is 24.9 Å². The number of aliphatic hydroxyl groups is 1. The molecule has 1 aromatic rings. The Hall–Kier alpha value is -2.44. The SMILES string of the molecule is C=CC[C@@H]1C=CC[C@@H](C[C@H](O)[C@@H](C)C(=O)N2C(=O)OC[C@H]2Cc2ccccc2)O1. The Morgan fingerprint density at radius 1 is 1.38 bits per heavy atom. The average Bonchev–Trinajstić information content (AvgIpc) is 3.08. The lowest BCUT2D eigenvalue weighted by molar-refractivity contribution is -0.137. The Morgan fingerprint density at radius 3 is 2.86 bits per heavy atom. The third kappa shape index (κ3) is 5.34. The van der Waals surface area contributed by atoms with Gasteiger partial charge in [-0.1, -0.05) is 55.5 Å². The Morgan fingerprint density at radius 2 is 2.14 bits per heavy atom. The molecule has 6 nitrogen and oxygen atoms in total. The monoisotopic (exact) mass is 399 g/mol. The van der Waals surface area contributed by atoms with E-state index in [9.17, 15) is 14.7 Å². The summed E-state index contributed by atoms with van der Waals surface area (Å²) in [6, 6.07) is 9.31. The van der Waals surface area contributed by atoms with Crippen LogP contribution < -0.4 is 0 Å². The van der Waals surface area contributed by atoms with E-state index in [0.29, 0.717) is 25.7 Å². The largest absolute Gasteiger partial charge is 0.447 e. The first-order chi connectivity index (χ1) is 14.0. The van der Waals surface area contributed by atoms with E-state index >= 15 is 0 Å². The molecule has 6 heteroatoms. The zero-order chi connectivity index (χ0) is 20.8. The molecule has 156 valence electrons. The summed E-state index contributed by atoms with van der Waals surface area (Å²) in [5.74, 6) is -1.14. The number of amides is 2. The number of carbonyl (C=O) groups is 2. The molecule has 0 aliphatic carbocycles. The molecule has 0 aromatic heterocycles. The van der Waals surface area contributed by atoms with Gasteiger partial charge in [-0.25, -0.2) is 9.69 Å². The van der Waals surface area contributed by atoms with Crippen molar-refractivity contribution in [1.29, 1.82) is 0 Å². The molecule has 2 heterocycles. The summed E-state index contributed by atoms with van der Waals surface area (Å²) >= 11 is 0. The second-order valence-corrected chi connectivity index (χ2v) is 7.71. The van der Waals surface area contributed by atoms with Crippen LogP contribution in [0.2, 0.25) is 0 Å². The first kappa shape index (κ1) is 21.3. The Balaban J connectivity index is 1.60. The smallest absolute Gasteiger partial charge is 0.416 e. The number of aliphatic hydroxyl groups excluding tert-OH is 1. The molecule has 3 rings (SSSR count). The average molecular weight is 399 g/mol. The van der Waals surface area contributed by atoms with Gasteiger partial charge in [0.15, 0.2) is 0 Å². The number of hydrogen-bond donors (Lipinski definition) is 1. The molecule has 2 aliphatic rings. The summed E-state index contributed by atoms with van der Waals surface area (Å²) in [4.78, 5) is 26.4. The summed E-state index contributed by atoms with van der Waals surface area (Å²) in [6.07, 6.45) is 6.32. The van der Waals surface area contributed by atoms with E-state index in [1.165, 1.54) is 4.90 Å². The minimum atomic E-state index is -0.908. The summed E-state index contributed by atoms with van der Waals surface area (Å²) < 4.78 is 11.1. The normalized spacial score (nSPS) is 26.1. The van der Waals surface area contributed by atoms with Crippen molar-refractivity contribution in [3.8, 4) is 0 Å². The molecule has 1 saturated heterocycles. The first-order valence-electron chi connectivity index (χ1n) is 10.1. The molecular formula is C23H29NO5. The van der Waals surface area contributed by atoms with Gasteiger partial charge in [-0.3, -0.25) is 4.79 Å². The lowest BCUT2D eigenvalue weighted by atomic mass is 9.94. The van der Waals surface area contributed by atoms with Gasteiger partial charge in [-0.15, -0.1) is 6.58 Å². The van der Waals surface area contributed by atoms with Crippen molar-refractivity contribution in [3.63, 3.8) is 0 Å². The van der Waals surface area contributed by atoms with Crippen LogP contribution >= 0.6 is 0 Å². The van der Waals surface area contributed by atoms with Crippen LogP contribution in [0.4, 0.5) is 4.79 Å². The van der Waals surface area contributed by atoms with Crippen LogP contribution in [-0.2, 0) is 20.7 Å². The van der Waals surface area contributed by atoms with Crippen molar-refractivity contribution in [2.75, 3.05) is 6.61 Å². The highest BCUT2D eigenvalue weighted by Crippen LogP contribution is 2.25. The lowest BCUT2D eigenvalue weighted by Gasteiger charge is -2.30. The zero-order valence-electron chi connectivity index (χ0n) is 16.8. The van der Waals surface area contributed by atoms with Crippen LogP contribution in [0.1, 0.15) is 31.7 Å². The van der Waals surface area contributed by atoms with Gasteiger partial charge in [0, 0.05) is 6.42 Å². The van der Waals surface area contributed by atoms with Gasteiger partial charge in [0.25, 0.3) is 0 Å². The number of carbonyl (C=O) groups excluding carboxylic acids is 2. The van der Waals surface area contributed by atoms with Gasteiger partial charge in [0.1, 0.15) is 6.61 Å². The van der Waals surface area contributed by atoms with Gasteiger partial charge in [-0.2, -0.15) is 0 Å². The molecule has 0 saturated carbocycles. The summed E-state index contributed by atoms with van der Waals surface area (Å²) in [5.41, 5.74) is 1.03. The second kappa shape index (κ2) is 9.85. The van der Waals surface area contributed by atoms with Crippen LogP contribution in [-0.4, -0.2) is 53.0 Å². The van der Waals surface area contributed by atoms with Gasteiger partial charge in [0.2, 0.25) is 5.91 Å². The molecule has 29 heavy (non-hydrogen) atoms. The summed E-state index contributed by atoms with van der Waals surface area (Å²) in [7, 11) is 0. The number of ether oxygens (including phenoxy) is 2. The molecule has 5 atom stereocenters. The molecule has 2 amide bonds. The van der Waals surface area contributed by atoms with Crippen molar-refractivity contribution < 1.29 is 24.2 Å². The Labute approximate surface area is 171 Å². The van der Waals surface area contributed by atoms with Gasteiger partial charge in [0.05, 0.1) is 30.3 Å². The number of nitrogens with zero attached hydrogens (tertiary/aromatic N) is 1. The predicted octanol–water partition coefficient (Wildman–Crippen LogP) is 3.25. The van der Waals surface area contributed by atoms with Crippen molar-refractivity contribution in [2.45, 2.75) is 57.0 Å². The van der Waals surface area contributed by atoms with E-state index < -0.39 is 24.0 Å². The van der Waals surface area contributed by atoms with Crippen LogP contribution in [0.15, 0.2) is 55.1 Å². The number of rotatable bonds is 8. The third-order valence-electron chi connectivity index (χ3n) is 5.50. The van der Waals surface area contributed by atoms with Crippen molar-refractivity contribution in [1.82, 2.24) is 4.90 Å². The topological polar surface area (TPSA) is 76.1 Å².